The fraction of sp³-hybridized carbons (Fsp3) is 0.0870. The van der Waals surface area contributed by atoms with E-state index in [4.69, 9.17) is 4.74 Å². The lowest BCUT2D eigenvalue weighted by Gasteiger charge is -2.08. The lowest BCUT2D eigenvalue weighted by Crippen LogP contribution is -1.92. The summed E-state index contributed by atoms with van der Waals surface area (Å²) in [5.41, 5.74) is 5.25. The number of sulfone groups is 1. The predicted molar refractivity (Wildman–Crippen MR) is 126 cm³/mol. The summed E-state index contributed by atoms with van der Waals surface area (Å²) in [5.74, 6) is 0.784. The predicted octanol–water partition coefficient (Wildman–Crippen LogP) is 4.83. The zero-order valence-corrected chi connectivity index (χ0v) is 18.9. The minimum absolute atomic E-state index is 0.312. The minimum Gasteiger partial charge on any atom is -0.497 e. The molecule has 7 nitrogen and oxygen atoms in total. The van der Waals surface area contributed by atoms with Gasteiger partial charge in [-0.2, -0.15) is 5.10 Å². The number of benzene rings is 2. The molecule has 160 valence electrons. The Morgan fingerprint density at radius 1 is 0.969 bits per heavy atom. The molecule has 0 atom stereocenters. The summed E-state index contributed by atoms with van der Waals surface area (Å²) in [4.78, 5) is 9.62. The fourth-order valence-electron chi connectivity index (χ4n) is 3.55. The van der Waals surface area contributed by atoms with Gasteiger partial charge in [-0.3, -0.25) is 5.10 Å². The third kappa shape index (κ3) is 3.65. The molecule has 3 aromatic heterocycles. The number of hydrogen-bond donors (Lipinski definition) is 1. The molecule has 0 aliphatic heterocycles. The van der Waals surface area contributed by atoms with Gasteiger partial charge in [-0.1, -0.05) is 6.07 Å². The number of thiophene rings is 1. The average Bonchev–Trinajstić information content (AvgIpc) is 3.48. The first-order valence-corrected chi connectivity index (χ1v) is 12.4. The molecule has 5 rings (SSSR count). The van der Waals surface area contributed by atoms with Crippen molar-refractivity contribution in [1.82, 2.24) is 20.2 Å². The molecule has 3 heterocycles. The van der Waals surface area contributed by atoms with Crippen LogP contribution in [-0.4, -0.2) is 41.9 Å². The molecular formula is C23H18N4O3S2. The molecular weight excluding hydrogens is 444 g/mol. The van der Waals surface area contributed by atoms with Crippen molar-refractivity contribution in [2.45, 2.75) is 4.21 Å². The quantitative estimate of drug-likeness (QED) is 0.402. The number of nitrogens with zero attached hydrogens (tertiary/aromatic N) is 3. The van der Waals surface area contributed by atoms with Gasteiger partial charge in [0.25, 0.3) is 0 Å². The van der Waals surface area contributed by atoms with Crippen LogP contribution in [-0.2, 0) is 9.84 Å². The molecule has 0 aliphatic rings. The summed E-state index contributed by atoms with van der Waals surface area (Å²) in [6.45, 7) is 0. The first kappa shape index (κ1) is 20.3. The van der Waals surface area contributed by atoms with Crippen molar-refractivity contribution in [2.24, 2.45) is 0 Å². The maximum Gasteiger partial charge on any atom is 0.184 e. The molecule has 0 saturated heterocycles. The van der Waals surface area contributed by atoms with Crippen molar-refractivity contribution in [3.63, 3.8) is 0 Å². The number of hydrogen-bond acceptors (Lipinski definition) is 7. The Morgan fingerprint density at radius 2 is 1.75 bits per heavy atom. The number of rotatable bonds is 5. The Bertz CT molecular complexity index is 1540. The van der Waals surface area contributed by atoms with Crippen LogP contribution in [0.15, 0.2) is 71.3 Å². The summed E-state index contributed by atoms with van der Waals surface area (Å²) < 4.78 is 29.4. The van der Waals surface area contributed by atoms with Crippen LogP contribution in [0.25, 0.3) is 43.9 Å². The van der Waals surface area contributed by atoms with Crippen molar-refractivity contribution >= 4 is 32.1 Å². The molecule has 0 aliphatic carbocycles. The van der Waals surface area contributed by atoms with E-state index in [9.17, 15) is 8.42 Å². The number of aromatic amines is 1. The Hall–Kier alpha value is -3.56. The van der Waals surface area contributed by atoms with Gasteiger partial charge in [0.2, 0.25) is 0 Å². The van der Waals surface area contributed by atoms with Crippen LogP contribution in [0.4, 0.5) is 0 Å². The molecule has 32 heavy (non-hydrogen) atoms. The minimum atomic E-state index is -3.27. The first-order valence-electron chi connectivity index (χ1n) is 9.67. The molecule has 0 radical (unpaired) electrons. The van der Waals surface area contributed by atoms with Gasteiger partial charge in [0, 0.05) is 22.8 Å². The van der Waals surface area contributed by atoms with Gasteiger partial charge in [0.15, 0.2) is 9.84 Å². The van der Waals surface area contributed by atoms with E-state index in [-0.39, 0.29) is 0 Å². The smallest absolute Gasteiger partial charge is 0.184 e. The largest absolute Gasteiger partial charge is 0.497 e. The monoisotopic (exact) mass is 462 g/mol. The summed E-state index contributed by atoms with van der Waals surface area (Å²) in [7, 11) is -1.64. The number of aromatic nitrogens is 4. The van der Waals surface area contributed by atoms with Gasteiger partial charge in [-0.05, 0) is 54.1 Å². The Labute approximate surface area is 188 Å². The zero-order chi connectivity index (χ0) is 22.3. The van der Waals surface area contributed by atoms with E-state index in [1.165, 1.54) is 23.9 Å². The third-order valence-electron chi connectivity index (χ3n) is 5.14. The molecule has 2 aromatic carbocycles. The molecule has 0 amide bonds. The molecule has 5 aromatic rings. The number of methoxy groups -OCH3 is 1. The van der Waals surface area contributed by atoms with Crippen LogP contribution in [0, 0.1) is 0 Å². The van der Waals surface area contributed by atoms with Crippen LogP contribution in [0.1, 0.15) is 0 Å². The first-order chi connectivity index (χ1) is 15.4. The van der Waals surface area contributed by atoms with E-state index >= 15 is 0 Å². The van der Waals surface area contributed by atoms with Crippen molar-refractivity contribution in [1.29, 1.82) is 0 Å². The lowest BCUT2D eigenvalue weighted by atomic mass is 9.99. The summed E-state index contributed by atoms with van der Waals surface area (Å²) >= 11 is 1.21. The third-order valence-corrected chi connectivity index (χ3v) is 8.06. The molecule has 9 heteroatoms. The molecule has 0 spiro atoms. The second-order valence-electron chi connectivity index (χ2n) is 7.23. The summed E-state index contributed by atoms with van der Waals surface area (Å²) in [6, 6.07) is 17.1. The van der Waals surface area contributed by atoms with Gasteiger partial charge < -0.3 is 4.74 Å². The van der Waals surface area contributed by atoms with Crippen molar-refractivity contribution in [3.8, 4) is 38.7 Å². The van der Waals surface area contributed by atoms with Crippen LogP contribution in [0.5, 0.6) is 5.75 Å². The van der Waals surface area contributed by atoms with Gasteiger partial charge in [0.1, 0.15) is 16.3 Å². The molecule has 0 bridgehead atoms. The maximum absolute atomic E-state index is 11.9. The van der Waals surface area contributed by atoms with Crippen molar-refractivity contribution in [3.05, 3.63) is 67.1 Å². The van der Waals surface area contributed by atoms with E-state index < -0.39 is 9.84 Å². The van der Waals surface area contributed by atoms with E-state index in [1.54, 1.807) is 25.4 Å². The van der Waals surface area contributed by atoms with Crippen molar-refractivity contribution in [2.75, 3.05) is 13.4 Å². The molecule has 0 saturated carbocycles. The Kier molecular flexibility index (Phi) is 4.99. The number of nitrogens with one attached hydrogen (secondary N) is 1. The lowest BCUT2D eigenvalue weighted by molar-refractivity contribution is 0.415. The highest BCUT2D eigenvalue weighted by Crippen LogP contribution is 2.37. The average molecular weight is 463 g/mol. The number of ether oxygens (including phenoxy) is 1. The standard InChI is InChI=1S/C23H18N4O3S2/c1-30-16-6-3-14(4-7-16)22-18(12-26-27-22)15-5-8-19-17(11-15)23(25-13-24-19)20-9-10-21(31-20)32(2,28)29/h3-13H,1-2H3,(H,26,27). The fourth-order valence-corrected chi connectivity index (χ4v) is 5.49. The summed E-state index contributed by atoms with van der Waals surface area (Å²) in [6.07, 6.45) is 4.49. The highest BCUT2D eigenvalue weighted by Gasteiger charge is 2.16. The van der Waals surface area contributed by atoms with Crippen molar-refractivity contribution < 1.29 is 13.2 Å². The van der Waals surface area contributed by atoms with Gasteiger partial charge >= 0.3 is 0 Å². The summed E-state index contributed by atoms with van der Waals surface area (Å²) in [5, 5.41) is 8.18. The topological polar surface area (TPSA) is 97.8 Å². The second kappa shape index (κ2) is 7.85. The van der Waals surface area contributed by atoms with Gasteiger partial charge in [-0.25, -0.2) is 18.4 Å². The molecule has 0 unspecified atom stereocenters. The zero-order valence-electron chi connectivity index (χ0n) is 17.2. The van der Waals surface area contributed by atoms with Gasteiger partial charge in [-0.15, -0.1) is 11.3 Å². The van der Waals surface area contributed by atoms with E-state index in [0.29, 0.717) is 9.90 Å². The van der Waals surface area contributed by atoms with Crippen LogP contribution < -0.4 is 4.74 Å². The number of H-pyrrole nitrogens is 1. The van der Waals surface area contributed by atoms with Crippen LogP contribution in [0.3, 0.4) is 0 Å². The Morgan fingerprint density at radius 3 is 2.47 bits per heavy atom. The van der Waals surface area contributed by atoms with Crippen LogP contribution >= 0.6 is 11.3 Å². The molecule has 0 fully saturated rings. The molecule has 1 N–H and O–H groups in total. The highest BCUT2D eigenvalue weighted by atomic mass is 32.2. The SMILES string of the molecule is COc1ccc(-c2[nH]ncc2-c2ccc3ncnc(-c4ccc(S(C)(=O)=O)s4)c3c2)cc1. The van der Waals surface area contributed by atoms with E-state index in [0.717, 1.165) is 43.9 Å². The van der Waals surface area contributed by atoms with Crippen LogP contribution in [0.2, 0.25) is 0 Å². The van der Waals surface area contributed by atoms with E-state index in [1.807, 2.05) is 42.5 Å². The Balaban J connectivity index is 1.63. The normalized spacial score (nSPS) is 11.7. The second-order valence-corrected chi connectivity index (χ2v) is 10.6. The number of fused-ring (bicyclic) bond motifs is 1. The van der Waals surface area contributed by atoms with Gasteiger partial charge in [0.05, 0.1) is 35.1 Å². The highest BCUT2D eigenvalue weighted by molar-refractivity contribution is 7.92. The van der Waals surface area contributed by atoms with E-state index in [2.05, 4.69) is 20.2 Å². The maximum atomic E-state index is 11.9.